The zero-order chi connectivity index (χ0) is 17.4. The first-order valence-electron chi connectivity index (χ1n) is 7.82. The molecule has 0 bridgehead atoms. The lowest BCUT2D eigenvalue weighted by Crippen LogP contribution is -2.47. The van der Waals surface area contributed by atoms with Gasteiger partial charge in [-0.25, -0.2) is 0 Å². The van der Waals surface area contributed by atoms with Gasteiger partial charge in [0.25, 0.3) is 0 Å². The van der Waals surface area contributed by atoms with Crippen LogP contribution in [0.25, 0.3) is 0 Å². The zero-order valence-electron chi connectivity index (χ0n) is 15.2. The van der Waals surface area contributed by atoms with Crippen LogP contribution in [0, 0.1) is 5.92 Å². The highest BCUT2D eigenvalue weighted by Gasteiger charge is 2.17. The molecule has 1 aromatic carbocycles. The van der Waals surface area contributed by atoms with Gasteiger partial charge >= 0.3 is 0 Å². The fourth-order valence-electron chi connectivity index (χ4n) is 2.07. The number of nitrogens with zero attached hydrogens (tertiary/aromatic N) is 1. The summed E-state index contributed by atoms with van der Waals surface area (Å²) in [5.41, 5.74) is 7.97. The summed E-state index contributed by atoms with van der Waals surface area (Å²) < 4.78 is 0. The molecule has 0 radical (unpaired) electrons. The maximum absolute atomic E-state index is 11.9. The predicted octanol–water partition coefficient (Wildman–Crippen LogP) is 1.31. The molecule has 0 aliphatic rings. The summed E-state index contributed by atoms with van der Waals surface area (Å²) >= 11 is 0. The highest BCUT2D eigenvalue weighted by molar-refractivity contribution is 5.87. The van der Waals surface area contributed by atoms with Gasteiger partial charge < -0.3 is 21.3 Å². The lowest BCUT2D eigenvalue weighted by Gasteiger charge is -2.16. The Bertz CT molecular complexity index is 539. The fraction of sp³-hybridized carbons (Fsp3) is 0.529. The Kier molecular flexibility index (Phi) is 13.4. The third-order valence-electron chi connectivity index (χ3n) is 3.53. The molecule has 0 aliphatic carbocycles. The number of benzene rings is 1. The Morgan fingerprint density at radius 1 is 1.08 bits per heavy atom. The van der Waals surface area contributed by atoms with Crippen molar-refractivity contribution in [3.05, 3.63) is 35.4 Å². The molecule has 0 unspecified atom stereocenters. The van der Waals surface area contributed by atoms with Crippen LogP contribution in [-0.2, 0) is 22.7 Å². The molecular formula is C17H30Cl2N4O2. The summed E-state index contributed by atoms with van der Waals surface area (Å²) in [5.74, 6) is -0.493. The average Bonchev–Trinajstić information content (AvgIpc) is 2.50. The molecule has 25 heavy (non-hydrogen) atoms. The minimum Gasteiger partial charge on any atom is -0.350 e. The summed E-state index contributed by atoms with van der Waals surface area (Å²) in [5, 5.41) is 5.39. The summed E-state index contributed by atoms with van der Waals surface area (Å²) in [6.07, 6.45) is 0. The molecule has 4 N–H and O–H groups in total. The van der Waals surface area contributed by atoms with E-state index in [1.54, 1.807) is 0 Å². The van der Waals surface area contributed by atoms with E-state index in [1.165, 1.54) is 5.56 Å². The van der Waals surface area contributed by atoms with Crippen molar-refractivity contribution in [2.75, 3.05) is 20.6 Å². The first kappa shape index (κ1) is 25.9. The summed E-state index contributed by atoms with van der Waals surface area (Å²) in [6.45, 7) is 4.92. The quantitative estimate of drug-likeness (QED) is 0.622. The molecule has 1 atom stereocenters. The molecule has 8 heteroatoms. The smallest absolute Gasteiger partial charge is 0.239 e. The van der Waals surface area contributed by atoms with Gasteiger partial charge in [-0.15, -0.1) is 24.8 Å². The lowest BCUT2D eigenvalue weighted by molar-refractivity contribution is -0.127. The van der Waals surface area contributed by atoms with Crippen molar-refractivity contribution in [3.8, 4) is 0 Å². The van der Waals surface area contributed by atoms with Crippen LogP contribution in [-0.4, -0.2) is 43.4 Å². The minimum atomic E-state index is -0.594. The van der Waals surface area contributed by atoms with Crippen molar-refractivity contribution >= 4 is 36.6 Å². The van der Waals surface area contributed by atoms with Crippen LogP contribution in [0.1, 0.15) is 25.0 Å². The van der Waals surface area contributed by atoms with E-state index in [0.717, 1.165) is 12.1 Å². The van der Waals surface area contributed by atoms with Crippen LogP contribution >= 0.6 is 24.8 Å². The molecule has 0 saturated carbocycles. The van der Waals surface area contributed by atoms with Crippen molar-refractivity contribution in [1.29, 1.82) is 0 Å². The molecule has 2 amide bonds. The number of carbonyl (C=O) groups excluding carboxylic acids is 2. The van der Waals surface area contributed by atoms with E-state index in [2.05, 4.69) is 15.5 Å². The van der Waals surface area contributed by atoms with E-state index in [1.807, 2.05) is 52.2 Å². The standard InChI is InChI=1S/C17H28N4O2.2ClH/c1-12(2)16(18)17(23)20-10-15(22)19-9-13-7-5-6-8-14(13)11-21(3)4;;/h5-8,12,16H,9-11,18H2,1-4H3,(H,19,22)(H,20,23);2*1H/t16-;;/m0../s1. The van der Waals surface area contributed by atoms with E-state index < -0.39 is 6.04 Å². The van der Waals surface area contributed by atoms with Crippen molar-refractivity contribution < 1.29 is 9.59 Å². The number of nitrogens with one attached hydrogen (secondary N) is 2. The van der Waals surface area contributed by atoms with Gasteiger partial charge in [-0.05, 0) is 31.1 Å². The second kappa shape index (κ2) is 12.9. The Hall–Kier alpha value is -1.34. The Morgan fingerprint density at radius 2 is 1.64 bits per heavy atom. The number of hydrogen-bond donors (Lipinski definition) is 3. The molecule has 0 fully saturated rings. The monoisotopic (exact) mass is 392 g/mol. The van der Waals surface area contributed by atoms with Gasteiger partial charge in [-0.3, -0.25) is 9.59 Å². The minimum absolute atomic E-state index is 0. The van der Waals surface area contributed by atoms with E-state index in [0.29, 0.717) is 6.54 Å². The number of hydrogen-bond acceptors (Lipinski definition) is 4. The lowest BCUT2D eigenvalue weighted by atomic mass is 10.1. The highest BCUT2D eigenvalue weighted by atomic mass is 35.5. The van der Waals surface area contributed by atoms with E-state index in [9.17, 15) is 9.59 Å². The third-order valence-corrected chi connectivity index (χ3v) is 3.53. The molecule has 0 heterocycles. The highest BCUT2D eigenvalue weighted by Crippen LogP contribution is 2.10. The van der Waals surface area contributed by atoms with Crippen molar-refractivity contribution in [3.63, 3.8) is 0 Å². The second-order valence-corrected chi connectivity index (χ2v) is 6.27. The number of rotatable bonds is 8. The molecule has 6 nitrogen and oxygen atoms in total. The van der Waals surface area contributed by atoms with Gasteiger partial charge in [-0.2, -0.15) is 0 Å². The molecule has 0 spiro atoms. The maximum atomic E-state index is 11.9. The Labute approximate surface area is 162 Å². The topological polar surface area (TPSA) is 87.5 Å². The fourth-order valence-corrected chi connectivity index (χ4v) is 2.07. The predicted molar refractivity (Wildman–Crippen MR) is 106 cm³/mol. The van der Waals surface area contributed by atoms with E-state index in [4.69, 9.17) is 5.73 Å². The van der Waals surface area contributed by atoms with Crippen LogP contribution in [0.4, 0.5) is 0 Å². The normalized spacial score (nSPS) is 11.3. The summed E-state index contributed by atoms with van der Waals surface area (Å²) in [6, 6.07) is 7.38. The Morgan fingerprint density at radius 3 is 2.16 bits per heavy atom. The van der Waals surface area contributed by atoms with E-state index >= 15 is 0 Å². The van der Waals surface area contributed by atoms with Gasteiger partial charge in [0, 0.05) is 13.1 Å². The van der Waals surface area contributed by atoms with Crippen LogP contribution in [0.3, 0.4) is 0 Å². The van der Waals surface area contributed by atoms with Crippen LogP contribution < -0.4 is 16.4 Å². The number of amides is 2. The zero-order valence-corrected chi connectivity index (χ0v) is 16.9. The Balaban J connectivity index is 0. The largest absolute Gasteiger partial charge is 0.350 e. The van der Waals surface area contributed by atoms with Gasteiger partial charge in [0.2, 0.25) is 11.8 Å². The number of nitrogens with two attached hydrogens (primary N) is 1. The van der Waals surface area contributed by atoms with Crippen molar-refractivity contribution in [2.45, 2.75) is 33.0 Å². The van der Waals surface area contributed by atoms with Gasteiger partial charge in [0.1, 0.15) is 0 Å². The van der Waals surface area contributed by atoms with Gasteiger partial charge in [-0.1, -0.05) is 38.1 Å². The first-order valence-corrected chi connectivity index (χ1v) is 7.82. The molecule has 0 aliphatic heterocycles. The average molecular weight is 393 g/mol. The number of halogens is 2. The molecule has 0 aromatic heterocycles. The third kappa shape index (κ3) is 9.65. The molecule has 144 valence electrons. The van der Waals surface area contributed by atoms with Crippen molar-refractivity contribution in [1.82, 2.24) is 15.5 Å². The first-order chi connectivity index (χ1) is 10.8. The summed E-state index contributed by atoms with van der Waals surface area (Å²) in [7, 11) is 4.01. The maximum Gasteiger partial charge on any atom is 0.239 e. The van der Waals surface area contributed by atoms with Crippen LogP contribution in [0.5, 0.6) is 0 Å². The van der Waals surface area contributed by atoms with Gasteiger partial charge in [0.05, 0.1) is 12.6 Å². The molecule has 1 rings (SSSR count). The van der Waals surface area contributed by atoms with E-state index in [-0.39, 0.29) is 49.1 Å². The van der Waals surface area contributed by atoms with Crippen LogP contribution in [0.15, 0.2) is 24.3 Å². The van der Waals surface area contributed by atoms with Gasteiger partial charge in [0.15, 0.2) is 0 Å². The molecular weight excluding hydrogens is 363 g/mol. The second-order valence-electron chi connectivity index (χ2n) is 6.27. The number of carbonyl (C=O) groups is 2. The molecule has 1 aromatic rings. The van der Waals surface area contributed by atoms with Crippen molar-refractivity contribution in [2.24, 2.45) is 11.7 Å². The SMILES string of the molecule is CC(C)[C@H](N)C(=O)NCC(=O)NCc1ccccc1CN(C)C.Cl.Cl. The summed E-state index contributed by atoms with van der Waals surface area (Å²) in [4.78, 5) is 25.7. The van der Waals surface area contributed by atoms with Crippen LogP contribution in [0.2, 0.25) is 0 Å². The molecule has 0 saturated heterocycles.